The number of aromatic nitrogens is 3. The Morgan fingerprint density at radius 1 is 1.33 bits per heavy atom. The van der Waals surface area contributed by atoms with E-state index < -0.39 is 0 Å². The van der Waals surface area contributed by atoms with E-state index in [0.717, 1.165) is 30.2 Å². The number of carbonyl (C=O) groups is 1. The number of carbonyl (C=O) groups excluding carboxylic acids is 1. The number of anilines is 1. The minimum Gasteiger partial charge on any atom is -0.325 e. The highest BCUT2D eigenvalue weighted by molar-refractivity contribution is 8.00. The number of hydrogen-bond acceptors (Lipinski definition) is 5. The van der Waals surface area contributed by atoms with Crippen molar-refractivity contribution < 1.29 is 9.18 Å². The molecule has 1 aliphatic carbocycles. The van der Waals surface area contributed by atoms with Crippen molar-refractivity contribution >= 4 is 34.7 Å². The maximum atomic E-state index is 13.0. The Morgan fingerprint density at radius 2 is 2.11 bits per heavy atom. The summed E-state index contributed by atoms with van der Waals surface area (Å²) in [6, 6.07) is 10.3. The van der Waals surface area contributed by atoms with Crippen LogP contribution >= 0.6 is 23.1 Å². The number of halogens is 1. The average molecular weight is 403 g/mol. The third kappa shape index (κ3) is 4.39. The first-order chi connectivity index (χ1) is 13.1. The van der Waals surface area contributed by atoms with Gasteiger partial charge in [-0.3, -0.25) is 4.79 Å². The van der Waals surface area contributed by atoms with Crippen LogP contribution in [0.1, 0.15) is 36.5 Å². The minimum absolute atomic E-state index is 0.142. The van der Waals surface area contributed by atoms with Gasteiger partial charge in [0.1, 0.15) is 11.6 Å². The second kappa shape index (κ2) is 7.82. The maximum absolute atomic E-state index is 13.0. The molecule has 0 saturated heterocycles. The van der Waals surface area contributed by atoms with Crippen molar-refractivity contribution in [3.63, 3.8) is 0 Å². The second-order valence-electron chi connectivity index (χ2n) is 6.51. The zero-order chi connectivity index (χ0) is 18.8. The molecular weight excluding hydrogens is 383 g/mol. The number of hydrogen-bond donors (Lipinski definition) is 1. The van der Waals surface area contributed by atoms with Crippen molar-refractivity contribution in [3.8, 4) is 0 Å². The molecule has 1 fully saturated rings. The van der Waals surface area contributed by atoms with Crippen LogP contribution in [-0.2, 0) is 11.2 Å². The summed E-state index contributed by atoms with van der Waals surface area (Å²) in [5, 5.41) is 14.1. The number of thiophene rings is 1. The summed E-state index contributed by atoms with van der Waals surface area (Å²) in [6.07, 6.45) is 3.01. The van der Waals surface area contributed by atoms with Gasteiger partial charge < -0.3 is 9.88 Å². The summed E-state index contributed by atoms with van der Waals surface area (Å²) < 4.78 is 15.2. The monoisotopic (exact) mass is 402 g/mol. The van der Waals surface area contributed by atoms with Crippen molar-refractivity contribution in [2.24, 2.45) is 0 Å². The number of amides is 1. The summed E-state index contributed by atoms with van der Waals surface area (Å²) in [6.45, 7) is 1.84. The van der Waals surface area contributed by atoms with E-state index in [4.69, 9.17) is 0 Å². The van der Waals surface area contributed by atoms with Gasteiger partial charge >= 0.3 is 0 Å². The third-order valence-corrected chi connectivity index (χ3v) is 6.26. The molecule has 3 aromatic rings. The third-order valence-electron chi connectivity index (χ3n) is 4.32. The molecule has 0 unspecified atom stereocenters. The lowest BCUT2D eigenvalue weighted by molar-refractivity contribution is -0.115. The SMILES string of the molecule is C[C@@H](Sc1nnc(Cc2cccs2)n1C1CC1)C(=O)Nc1ccc(F)cc1. The minimum atomic E-state index is -0.341. The quantitative estimate of drug-likeness (QED) is 0.590. The Labute approximate surface area is 165 Å². The van der Waals surface area contributed by atoms with Crippen LogP contribution in [0.5, 0.6) is 0 Å². The molecule has 1 aliphatic rings. The lowest BCUT2D eigenvalue weighted by Crippen LogP contribution is -2.23. The Morgan fingerprint density at radius 3 is 2.78 bits per heavy atom. The molecule has 0 radical (unpaired) electrons. The van der Waals surface area contributed by atoms with E-state index in [-0.39, 0.29) is 17.0 Å². The fourth-order valence-electron chi connectivity index (χ4n) is 2.77. The Balaban J connectivity index is 1.46. The molecule has 27 heavy (non-hydrogen) atoms. The molecule has 1 N–H and O–H groups in total. The summed E-state index contributed by atoms with van der Waals surface area (Å²) in [5.74, 6) is 0.483. The van der Waals surface area contributed by atoms with Crippen LogP contribution < -0.4 is 5.32 Å². The highest BCUT2D eigenvalue weighted by Gasteiger charge is 2.31. The number of thioether (sulfide) groups is 1. The number of nitrogens with one attached hydrogen (secondary N) is 1. The van der Waals surface area contributed by atoms with E-state index >= 15 is 0 Å². The van der Waals surface area contributed by atoms with Crippen molar-refractivity contribution in [2.75, 3.05) is 5.32 Å². The van der Waals surface area contributed by atoms with Gasteiger partial charge in [0.2, 0.25) is 5.91 Å². The first-order valence-corrected chi connectivity index (χ1v) is 10.6. The fourth-order valence-corrected chi connectivity index (χ4v) is 4.41. The lowest BCUT2D eigenvalue weighted by atomic mass is 10.3. The predicted molar refractivity (Wildman–Crippen MR) is 106 cm³/mol. The van der Waals surface area contributed by atoms with Crippen molar-refractivity contribution in [1.29, 1.82) is 0 Å². The Bertz CT molecular complexity index is 920. The van der Waals surface area contributed by atoms with Crippen LogP contribution in [0.2, 0.25) is 0 Å². The van der Waals surface area contributed by atoms with Crippen LogP contribution in [0.3, 0.4) is 0 Å². The normalized spacial score (nSPS) is 14.9. The molecule has 0 bridgehead atoms. The van der Waals surface area contributed by atoms with E-state index in [1.54, 1.807) is 23.5 Å². The molecule has 5 nitrogen and oxygen atoms in total. The van der Waals surface area contributed by atoms with Crippen LogP contribution in [-0.4, -0.2) is 25.9 Å². The van der Waals surface area contributed by atoms with Crippen molar-refractivity contribution in [3.05, 3.63) is 58.3 Å². The maximum Gasteiger partial charge on any atom is 0.237 e. The summed E-state index contributed by atoms with van der Waals surface area (Å²) in [4.78, 5) is 13.7. The standard InChI is InChI=1S/C19H19FN4OS2/c1-12(18(25)21-14-6-4-13(20)5-7-14)27-19-23-22-17(24(19)15-8-9-15)11-16-3-2-10-26-16/h2-7,10,12,15H,8-9,11H2,1H3,(H,21,25)/t12-/m1/s1. The average Bonchev–Trinajstić information content (AvgIpc) is 3.21. The van der Waals surface area contributed by atoms with Gasteiger partial charge in [-0.05, 0) is 55.5 Å². The second-order valence-corrected chi connectivity index (χ2v) is 8.85. The molecular formula is C19H19FN4OS2. The van der Waals surface area contributed by atoms with Crippen LogP contribution in [0.25, 0.3) is 0 Å². The van der Waals surface area contributed by atoms with Crippen molar-refractivity contribution in [1.82, 2.24) is 14.8 Å². The highest BCUT2D eigenvalue weighted by atomic mass is 32.2. The van der Waals surface area contributed by atoms with E-state index in [2.05, 4.69) is 31.5 Å². The zero-order valence-electron chi connectivity index (χ0n) is 14.8. The molecule has 2 aromatic heterocycles. The van der Waals surface area contributed by atoms with Gasteiger partial charge in [0.15, 0.2) is 5.16 Å². The highest BCUT2D eigenvalue weighted by Crippen LogP contribution is 2.40. The van der Waals surface area contributed by atoms with Gasteiger partial charge in [-0.25, -0.2) is 4.39 Å². The van der Waals surface area contributed by atoms with Gasteiger partial charge in [0, 0.05) is 23.0 Å². The van der Waals surface area contributed by atoms with Gasteiger partial charge in [-0.1, -0.05) is 17.8 Å². The van der Waals surface area contributed by atoms with Gasteiger partial charge in [-0.15, -0.1) is 21.5 Å². The topological polar surface area (TPSA) is 59.8 Å². The van der Waals surface area contributed by atoms with E-state index in [0.29, 0.717) is 11.7 Å². The first kappa shape index (κ1) is 18.2. The molecule has 1 saturated carbocycles. The largest absolute Gasteiger partial charge is 0.325 e. The molecule has 1 atom stereocenters. The number of nitrogens with zero attached hydrogens (tertiary/aromatic N) is 3. The van der Waals surface area contributed by atoms with Crippen LogP contribution in [0.4, 0.5) is 10.1 Å². The Kier molecular flexibility index (Phi) is 5.27. The van der Waals surface area contributed by atoms with E-state index in [1.807, 2.05) is 13.0 Å². The summed E-state index contributed by atoms with van der Waals surface area (Å²) >= 11 is 3.12. The van der Waals surface area contributed by atoms with Crippen LogP contribution in [0.15, 0.2) is 46.9 Å². The molecule has 0 spiro atoms. The van der Waals surface area contributed by atoms with Crippen LogP contribution in [0, 0.1) is 5.82 Å². The Hall–Kier alpha value is -2.19. The zero-order valence-corrected chi connectivity index (χ0v) is 16.4. The first-order valence-electron chi connectivity index (χ1n) is 8.79. The van der Waals surface area contributed by atoms with Gasteiger partial charge in [0.05, 0.1) is 5.25 Å². The smallest absolute Gasteiger partial charge is 0.237 e. The van der Waals surface area contributed by atoms with E-state index in [9.17, 15) is 9.18 Å². The predicted octanol–water partition coefficient (Wildman–Crippen LogP) is 4.52. The lowest BCUT2D eigenvalue weighted by Gasteiger charge is -2.13. The van der Waals surface area contributed by atoms with Gasteiger partial charge in [-0.2, -0.15) is 0 Å². The van der Waals surface area contributed by atoms with Crippen molar-refractivity contribution in [2.45, 2.75) is 42.6 Å². The summed E-state index contributed by atoms with van der Waals surface area (Å²) in [7, 11) is 0. The summed E-state index contributed by atoms with van der Waals surface area (Å²) in [5.41, 5.74) is 0.580. The number of rotatable bonds is 7. The molecule has 1 aromatic carbocycles. The molecule has 140 valence electrons. The van der Waals surface area contributed by atoms with E-state index in [1.165, 1.54) is 28.8 Å². The fraction of sp³-hybridized carbons (Fsp3) is 0.316. The molecule has 4 rings (SSSR count). The molecule has 8 heteroatoms. The molecule has 0 aliphatic heterocycles. The number of benzene rings is 1. The molecule has 1 amide bonds. The molecule has 2 heterocycles. The van der Waals surface area contributed by atoms with Gasteiger partial charge in [0.25, 0.3) is 0 Å².